The Hall–Kier alpha value is -3.01. The first-order valence-corrected chi connectivity index (χ1v) is 14.0. The van der Waals surface area contributed by atoms with Crippen LogP contribution in [0.4, 0.5) is 10.6 Å². The summed E-state index contributed by atoms with van der Waals surface area (Å²) >= 11 is 6.20. The minimum Gasteiger partial charge on any atom is -0.447 e. The van der Waals surface area contributed by atoms with Crippen molar-refractivity contribution < 1.29 is 33.2 Å². The van der Waals surface area contributed by atoms with Crippen LogP contribution < -0.4 is 5.32 Å². The zero-order valence-corrected chi connectivity index (χ0v) is 22.6. The number of hydrogen-bond donors (Lipinski definition) is 3. The molecule has 12 heteroatoms. The molecule has 1 atom stereocenters. The van der Waals surface area contributed by atoms with Crippen LogP contribution in [0.15, 0.2) is 60.8 Å². The van der Waals surface area contributed by atoms with Crippen LogP contribution in [0.1, 0.15) is 31.2 Å². The van der Waals surface area contributed by atoms with Gasteiger partial charge in [0.05, 0.1) is 12.6 Å². The molecule has 0 fully saturated rings. The number of carbonyl (C=O) groups is 2. The number of ether oxygens (including phenoxy) is 1. The van der Waals surface area contributed by atoms with Gasteiger partial charge in [0.15, 0.2) is 0 Å². The molecule has 0 saturated carbocycles. The number of anilines is 1. The van der Waals surface area contributed by atoms with Gasteiger partial charge >= 0.3 is 13.9 Å². The van der Waals surface area contributed by atoms with E-state index >= 15 is 0 Å². The molecule has 3 aromatic rings. The van der Waals surface area contributed by atoms with Gasteiger partial charge in [0.2, 0.25) is 5.91 Å². The summed E-state index contributed by atoms with van der Waals surface area (Å²) in [5.74, 6) is 0.186. The molecule has 0 spiro atoms. The first-order chi connectivity index (χ1) is 18.1. The van der Waals surface area contributed by atoms with Crippen molar-refractivity contribution in [1.82, 2.24) is 9.88 Å². The van der Waals surface area contributed by atoms with Crippen LogP contribution in [0, 0.1) is 0 Å². The summed E-state index contributed by atoms with van der Waals surface area (Å²) in [5, 5.41) is 5.05. The number of likely N-dealkylation sites (N-methyl/N-ethyl adjacent to an activating group) is 1. The van der Waals surface area contributed by atoms with Gasteiger partial charge in [0.1, 0.15) is 12.4 Å². The van der Waals surface area contributed by atoms with Crippen molar-refractivity contribution >= 4 is 48.0 Å². The third-order valence-corrected chi connectivity index (χ3v) is 6.85. The average Bonchev–Trinajstić information content (AvgIpc) is 2.88. The number of rotatable bonds is 13. The predicted molar refractivity (Wildman–Crippen MR) is 145 cm³/mol. The Bertz CT molecular complexity index is 1290. The highest BCUT2D eigenvalue weighted by molar-refractivity contribution is 7.46. The van der Waals surface area contributed by atoms with Crippen molar-refractivity contribution in [2.45, 2.75) is 38.1 Å². The van der Waals surface area contributed by atoms with Crippen molar-refractivity contribution in [3.8, 4) is 0 Å². The second-order valence-corrected chi connectivity index (χ2v) is 10.4. The summed E-state index contributed by atoms with van der Waals surface area (Å²) < 4.78 is 20.8. The van der Waals surface area contributed by atoms with Crippen molar-refractivity contribution in [3.05, 3.63) is 71.4 Å². The summed E-state index contributed by atoms with van der Waals surface area (Å²) in [4.78, 5) is 48.9. The molecule has 10 nitrogen and oxygen atoms in total. The number of benzene rings is 2. The number of amides is 2. The molecule has 204 valence electrons. The Kier molecular flexibility index (Phi) is 11.1. The van der Waals surface area contributed by atoms with Crippen LogP contribution in [0.3, 0.4) is 0 Å². The summed E-state index contributed by atoms with van der Waals surface area (Å²) in [6.45, 7) is -0.205. The minimum atomic E-state index is -4.54. The average molecular weight is 564 g/mol. The van der Waals surface area contributed by atoms with Crippen molar-refractivity contribution in [3.63, 3.8) is 0 Å². The normalized spacial score (nSPS) is 12.2. The molecule has 38 heavy (non-hydrogen) atoms. The van der Waals surface area contributed by atoms with E-state index in [-0.39, 0.29) is 25.5 Å². The smallest absolute Gasteiger partial charge is 0.447 e. The molecule has 2 aromatic carbocycles. The van der Waals surface area contributed by atoms with E-state index in [4.69, 9.17) is 26.1 Å². The lowest BCUT2D eigenvalue weighted by Gasteiger charge is -2.28. The van der Waals surface area contributed by atoms with E-state index in [1.54, 1.807) is 25.4 Å². The molecule has 3 rings (SSSR count). The molecule has 1 aromatic heterocycles. The quantitative estimate of drug-likeness (QED) is 0.191. The van der Waals surface area contributed by atoms with Crippen molar-refractivity contribution in [2.75, 3.05) is 25.6 Å². The Morgan fingerprint density at radius 3 is 2.55 bits per heavy atom. The van der Waals surface area contributed by atoms with Crippen LogP contribution in [0.5, 0.6) is 0 Å². The lowest BCUT2D eigenvalue weighted by molar-refractivity contribution is -0.132. The summed E-state index contributed by atoms with van der Waals surface area (Å²) in [7, 11) is -2.90. The highest BCUT2D eigenvalue weighted by Crippen LogP contribution is 2.35. The molecule has 0 radical (unpaired) electrons. The number of nitrogens with one attached hydrogen (secondary N) is 1. The second kappa shape index (κ2) is 14.2. The number of pyridine rings is 1. The van der Waals surface area contributed by atoms with E-state index in [0.717, 1.165) is 16.3 Å². The number of carbonyl (C=O) groups excluding carboxylic acids is 2. The van der Waals surface area contributed by atoms with Crippen molar-refractivity contribution in [2.24, 2.45) is 0 Å². The first kappa shape index (κ1) is 29.5. The van der Waals surface area contributed by atoms with E-state index < -0.39 is 20.0 Å². The highest BCUT2D eigenvalue weighted by Gasteiger charge is 2.22. The lowest BCUT2D eigenvalue weighted by Crippen LogP contribution is -2.41. The largest absolute Gasteiger partial charge is 0.469 e. The van der Waals surface area contributed by atoms with Crippen LogP contribution in [-0.2, 0) is 25.0 Å². The molecule has 0 unspecified atom stereocenters. The zero-order valence-electron chi connectivity index (χ0n) is 21.0. The zero-order chi connectivity index (χ0) is 27.5. The van der Waals surface area contributed by atoms with Crippen LogP contribution in [0.25, 0.3) is 10.8 Å². The Morgan fingerprint density at radius 1 is 1.11 bits per heavy atom. The maximum Gasteiger partial charge on any atom is 0.469 e. The predicted octanol–water partition coefficient (Wildman–Crippen LogP) is 5.18. The van der Waals surface area contributed by atoms with Crippen LogP contribution in [0.2, 0.25) is 5.02 Å². The molecule has 0 aliphatic carbocycles. The molecule has 0 saturated heterocycles. The monoisotopic (exact) mass is 563 g/mol. The third kappa shape index (κ3) is 9.70. The highest BCUT2D eigenvalue weighted by atomic mass is 35.5. The Balaban J connectivity index is 1.57. The summed E-state index contributed by atoms with van der Waals surface area (Å²) in [5.41, 5.74) is 0.862. The third-order valence-electron chi connectivity index (χ3n) is 5.97. The van der Waals surface area contributed by atoms with Gasteiger partial charge in [-0.1, -0.05) is 54.1 Å². The minimum absolute atomic E-state index is 0.0763. The molecular formula is C26H31ClN3O7P. The van der Waals surface area contributed by atoms with Crippen LogP contribution in [-0.4, -0.2) is 58.0 Å². The number of unbranched alkanes of at least 4 members (excludes halogenated alkanes) is 1. The van der Waals surface area contributed by atoms with E-state index in [0.29, 0.717) is 36.5 Å². The Morgan fingerprint density at radius 2 is 1.82 bits per heavy atom. The topological polar surface area (TPSA) is 138 Å². The van der Waals surface area contributed by atoms with E-state index in [2.05, 4.69) is 14.8 Å². The van der Waals surface area contributed by atoms with E-state index in [1.807, 2.05) is 42.5 Å². The lowest BCUT2D eigenvalue weighted by atomic mass is 10.1. The maximum atomic E-state index is 12.9. The summed E-state index contributed by atoms with van der Waals surface area (Å²) in [6, 6.07) is 16.2. The van der Waals surface area contributed by atoms with Gasteiger partial charge < -0.3 is 19.4 Å². The fourth-order valence-corrected chi connectivity index (χ4v) is 4.44. The number of phosphoric ester groups is 1. The molecule has 0 bridgehead atoms. The number of nitrogens with zero attached hydrogens (tertiary/aromatic N) is 2. The van der Waals surface area contributed by atoms with Gasteiger partial charge in [-0.05, 0) is 48.8 Å². The summed E-state index contributed by atoms with van der Waals surface area (Å²) in [6.07, 6.45) is 2.89. The van der Waals surface area contributed by atoms with E-state index in [9.17, 15) is 14.2 Å². The van der Waals surface area contributed by atoms with Gasteiger partial charge in [-0.2, -0.15) is 0 Å². The van der Waals surface area contributed by atoms with Gasteiger partial charge in [0.25, 0.3) is 0 Å². The molecular weight excluding hydrogens is 533 g/mol. The molecule has 2 amide bonds. The molecule has 1 heterocycles. The number of aryl methyl sites for hydroxylation is 1. The van der Waals surface area contributed by atoms with Crippen molar-refractivity contribution in [1.29, 1.82) is 0 Å². The molecule has 3 N–H and O–H groups in total. The number of halogens is 1. The number of fused-ring (bicyclic) bond motifs is 1. The molecule has 0 aliphatic heterocycles. The molecule has 0 aliphatic rings. The van der Waals surface area contributed by atoms with Gasteiger partial charge in [-0.3, -0.25) is 14.6 Å². The van der Waals surface area contributed by atoms with Gasteiger partial charge in [-0.15, -0.1) is 0 Å². The van der Waals surface area contributed by atoms with Crippen LogP contribution >= 0.6 is 19.4 Å². The standard InChI is InChI=1S/C26H31ClN3O7P/c1-30(25(31)14-13-19-8-4-5-12-23(19)27)22(11-6-7-15-37-38(33,34)35)18-36-26(32)29-24-16-20-9-2-3-10-21(20)17-28-24/h2-5,8-10,12,16-17,22H,6-7,11,13-15,18H2,1H3,(H,28,29,32)(H2,33,34,35)/t22-/m0/s1. The number of phosphoric acid groups is 1. The fourth-order valence-electron chi connectivity index (χ4n) is 3.84. The number of aromatic nitrogens is 1. The SMILES string of the molecule is CN(C(=O)CCc1ccccc1Cl)[C@@H](CCCCOP(=O)(O)O)COC(=O)Nc1cc2ccccc2cn1. The number of hydrogen-bond acceptors (Lipinski definition) is 6. The second-order valence-electron chi connectivity index (χ2n) is 8.71. The van der Waals surface area contributed by atoms with E-state index in [1.165, 1.54) is 4.90 Å². The maximum absolute atomic E-state index is 12.9. The first-order valence-electron chi connectivity index (χ1n) is 12.1. The van der Waals surface area contributed by atoms with Gasteiger partial charge in [-0.25, -0.2) is 14.3 Å². The fraction of sp³-hybridized carbons (Fsp3) is 0.346. The Labute approximate surface area is 226 Å². The van der Waals surface area contributed by atoms with Gasteiger partial charge in [0, 0.05) is 30.1 Å².